The van der Waals surface area contributed by atoms with Crippen molar-refractivity contribution < 1.29 is 9.53 Å². The number of carbonyl (C=O) groups is 1. The second kappa shape index (κ2) is 7.10. The zero-order valence-corrected chi connectivity index (χ0v) is 16.0. The third-order valence-electron chi connectivity index (χ3n) is 6.27. The number of hydrogen-bond donors (Lipinski definition) is 2. The fourth-order valence-corrected chi connectivity index (χ4v) is 4.79. The fraction of sp³-hybridized carbons (Fsp3) is 0.375. The summed E-state index contributed by atoms with van der Waals surface area (Å²) in [5.74, 6) is 0.830. The van der Waals surface area contributed by atoms with Crippen LogP contribution < -0.4 is 15.4 Å². The van der Waals surface area contributed by atoms with Crippen LogP contribution in [0.25, 0.3) is 5.57 Å². The monoisotopic (exact) mass is 374 g/mol. The van der Waals surface area contributed by atoms with Crippen molar-refractivity contribution in [3.8, 4) is 5.75 Å². The van der Waals surface area contributed by atoms with Gasteiger partial charge in [-0.1, -0.05) is 42.5 Å². The first-order valence-corrected chi connectivity index (χ1v) is 10.3. The molecule has 5 rings (SSSR count). The lowest BCUT2D eigenvalue weighted by Gasteiger charge is -2.39. The van der Waals surface area contributed by atoms with E-state index in [-0.39, 0.29) is 17.6 Å². The number of aryl methyl sites for hydroxylation is 1. The van der Waals surface area contributed by atoms with E-state index in [1.165, 1.54) is 11.1 Å². The molecule has 2 N–H and O–H groups in total. The van der Waals surface area contributed by atoms with Gasteiger partial charge in [-0.05, 0) is 55.6 Å². The van der Waals surface area contributed by atoms with Gasteiger partial charge in [0.1, 0.15) is 11.4 Å². The number of hydrogen-bond acceptors (Lipinski definition) is 3. The second-order valence-corrected chi connectivity index (χ2v) is 8.09. The minimum Gasteiger partial charge on any atom is -0.482 e. The van der Waals surface area contributed by atoms with Gasteiger partial charge in [0.25, 0.3) is 5.91 Å². The van der Waals surface area contributed by atoms with Crippen molar-refractivity contribution in [2.24, 2.45) is 0 Å². The molecule has 2 aromatic rings. The molecular weight excluding hydrogens is 348 g/mol. The van der Waals surface area contributed by atoms with E-state index >= 15 is 0 Å². The van der Waals surface area contributed by atoms with Crippen LogP contribution in [-0.4, -0.2) is 24.6 Å². The van der Waals surface area contributed by atoms with Crippen LogP contribution in [0, 0.1) is 0 Å². The molecule has 4 nitrogen and oxygen atoms in total. The highest BCUT2D eigenvalue weighted by molar-refractivity contribution is 6.21. The summed E-state index contributed by atoms with van der Waals surface area (Å²) in [7, 11) is 0. The lowest BCUT2D eigenvalue weighted by molar-refractivity contribution is -0.116. The molecule has 2 aromatic carbocycles. The Morgan fingerprint density at radius 1 is 1.07 bits per heavy atom. The molecule has 0 radical (unpaired) electrons. The smallest absolute Gasteiger partial charge is 0.252 e. The molecule has 0 aromatic heterocycles. The lowest BCUT2D eigenvalue weighted by Crippen LogP contribution is -2.47. The lowest BCUT2D eigenvalue weighted by atomic mass is 9.84. The molecule has 1 spiro atoms. The molecule has 0 saturated carbocycles. The highest BCUT2D eigenvalue weighted by atomic mass is 16.5. The SMILES string of the molecule is O=C(NC1CCCc2ccccc21)C1=CC2(CCNCC2)Oc2ccccc21. The molecule has 1 unspecified atom stereocenters. The quantitative estimate of drug-likeness (QED) is 0.841. The van der Waals surface area contributed by atoms with Crippen LogP contribution in [0.4, 0.5) is 0 Å². The van der Waals surface area contributed by atoms with Crippen LogP contribution >= 0.6 is 0 Å². The van der Waals surface area contributed by atoms with Gasteiger partial charge in [-0.3, -0.25) is 4.79 Å². The largest absolute Gasteiger partial charge is 0.482 e. The maximum absolute atomic E-state index is 13.4. The van der Waals surface area contributed by atoms with E-state index in [1.807, 2.05) is 24.3 Å². The van der Waals surface area contributed by atoms with E-state index in [2.05, 4.69) is 41.0 Å². The highest BCUT2D eigenvalue weighted by Gasteiger charge is 2.38. The molecule has 2 aliphatic heterocycles. The van der Waals surface area contributed by atoms with Gasteiger partial charge in [-0.25, -0.2) is 0 Å². The minimum atomic E-state index is -0.378. The molecule has 1 atom stereocenters. The van der Waals surface area contributed by atoms with Gasteiger partial charge in [-0.15, -0.1) is 0 Å². The average molecular weight is 374 g/mol. The van der Waals surface area contributed by atoms with Crippen molar-refractivity contribution in [2.45, 2.75) is 43.7 Å². The molecule has 1 amide bonds. The number of ether oxygens (including phenoxy) is 1. The van der Waals surface area contributed by atoms with E-state index in [4.69, 9.17) is 4.74 Å². The molecule has 0 bridgehead atoms. The molecule has 144 valence electrons. The highest BCUT2D eigenvalue weighted by Crippen LogP contribution is 2.40. The zero-order valence-electron chi connectivity index (χ0n) is 16.0. The van der Waals surface area contributed by atoms with Crippen molar-refractivity contribution in [3.05, 3.63) is 71.3 Å². The van der Waals surface area contributed by atoms with Crippen molar-refractivity contribution >= 4 is 11.5 Å². The van der Waals surface area contributed by atoms with Gasteiger partial charge in [-0.2, -0.15) is 0 Å². The number of fused-ring (bicyclic) bond motifs is 2. The van der Waals surface area contributed by atoms with Crippen LogP contribution in [0.15, 0.2) is 54.6 Å². The second-order valence-electron chi connectivity index (χ2n) is 8.09. The number of para-hydroxylation sites is 1. The summed E-state index contributed by atoms with van der Waals surface area (Å²) in [6.07, 6.45) is 7.03. The molecule has 3 aliphatic rings. The van der Waals surface area contributed by atoms with Gasteiger partial charge in [0.15, 0.2) is 0 Å². The summed E-state index contributed by atoms with van der Waals surface area (Å²) >= 11 is 0. The number of piperidine rings is 1. The molecule has 1 saturated heterocycles. The van der Waals surface area contributed by atoms with Gasteiger partial charge in [0.05, 0.1) is 11.6 Å². The molecule has 28 heavy (non-hydrogen) atoms. The normalized spacial score (nSPS) is 22.4. The standard InChI is InChI=1S/C24H26N2O2/c27-23(26-21-10-5-7-17-6-1-2-8-18(17)21)20-16-24(12-14-25-15-13-24)28-22-11-4-3-9-19(20)22/h1-4,6,8-9,11,16,21,25H,5,7,10,12-15H2,(H,26,27). The fourth-order valence-electron chi connectivity index (χ4n) is 4.79. The number of rotatable bonds is 2. The average Bonchev–Trinajstić information content (AvgIpc) is 2.74. The van der Waals surface area contributed by atoms with Gasteiger partial charge >= 0.3 is 0 Å². The summed E-state index contributed by atoms with van der Waals surface area (Å²) in [5, 5.41) is 6.72. The Hall–Kier alpha value is -2.59. The maximum atomic E-state index is 13.4. The van der Waals surface area contributed by atoms with Gasteiger partial charge in [0, 0.05) is 18.4 Å². The molecule has 1 aliphatic carbocycles. The van der Waals surface area contributed by atoms with Crippen molar-refractivity contribution in [2.75, 3.05) is 13.1 Å². The molecular formula is C24H26N2O2. The predicted octanol–water partition coefficient (Wildman–Crippen LogP) is 3.78. The third kappa shape index (κ3) is 3.12. The zero-order chi connectivity index (χ0) is 19.0. The summed E-state index contributed by atoms with van der Waals surface area (Å²) in [4.78, 5) is 13.4. The Balaban J connectivity index is 1.47. The predicted molar refractivity (Wildman–Crippen MR) is 110 cm³/mol. The van der Waals surface area contributed by atoms with Gasteiger partial charge < -0.3 is 15.4 Å². The number of nitrogens with one attached hydrogen (secondary N) is 2. The van der Waals surface area contributed by atoms with Crippen LogP contribution in [0.3, 0.4) is 0 Å². The van der Waals surface area contributed by atoms with Crippen LogP contribution in [0.2, 0.25) is 0 Å². The first-order valence-electron chi connectivity index (χ1n) is 10.3. The summed E-state index contributed by atoms with van der Waals surface area (Å²) < 4.78 is 6.39. The first kappa shape index (κ1) is 17.5. The molecule has 1 fully saturated rings. The molecule has 2 heterocycles. The van der Waals surface area contributed by atoms with Crippen molar-refractivity contribution in [3.63, 3.8) is 0 Å². The first-order chi connectivity index (χ1) is 13.7. The number of benzene rings is 2. The Morgan fingerprint density at radius 3 is 2.75 bits per heavy atom. The third-order valence-corrected chi connectivity index (χ3v) is 6.27. The topological polar surface area (TPSA) is 50.4 Å². The van der Waals surface area contributed by atoms with Gasteiger partial charge in [0.2, 0.25) is 0 Å². The van der Waals surface area contributed by atoms with Crippen molar-refractivity contribution in [1.29, 1.82) is 0 Å². The Morgan fingerprint density at radius 2 is 1.86 bits per heavy atom. The van der Waals surface area contributed by atoms with Crippen LogP contribution in [-0.2, 0) is 11.2 Å². The summed E-state index contributed by atoms with van der Waals surface area (Å²) in [6.45, 7) is 1.81. The molecule has 4 heteroatoms. The van der Waals surface area contributed by atoms with Crippen molar-refractivity contribution in [1.82, 2.24) is 10.6 Å². The van der Waals surface area contributed by atoms with Crippen LogP contribution in [0.1, 0.15) is 48.4 Å². The Bertz CT molecular complexity index is 928. The summed E-state index contributed by atoms with van der Waals surface area (Å²) in [5.41, 5.74) is 3.89. The van der Waals surface area contributed by atoms with Crippen LogP contribution in [0.5, 0.6) is 5.75 Å². The van der Waals surface area contributed by atoms with E-state index in [0.29, 0.717) is 0 Å². The maximum Gasteiger partial charge on any atom is 0.252 e. The Labute approximate surface area is 166 Å². The number of carbonyl (C=O) groups excluding carboxylic acids is 1. The minimum absolute atomic E-state index is 0.00959. The van der Waals surface area contributed by atoms with E-state index in [0.717, 1.165) is 62.1 Å². The van der Waals surface area contributed by atoms with E-state index in [1.54, 1.807) is 0 Å². The van der Waals surface area contributed by atoms with E-state index < -0.39 is 0 Å². The Kier molecular flexibility index (Phi) is 4.44. The van der Waals surface area contributed by atoms with E-state index in [9.17, 15) is 4.79 Å². The summed E-state index contributed by atoms with van der Waals surface area (Å²) in [6, 6.07) is 16.5. The number of amides is 1.